The molecule has 0 bridgehead atoms. The molecule has 0 amide bonds. The fourth-order valence-corrected chi connectivity index (χ4v) is 2.31. The van der Waals surface area contributed by atoms with Gasteiger partial charge in [-0.3, -0.25) is 0 Å². The fourth-order valence-electron chi connectivity index (χ4n) is 2.31. The second-order valence-electron chi connectivity index (χ2n) is 5.40. The minimum absolute atomic E-state index is 0.774. The smallest absolute Gasteiger partial charge is 0.328 e. The summed E-state index contributed by atoms with van der Waals surface area (Å²) >= 11 is 0. The van der Waals surface area contributed by atoms with Crippen LogP contribution in [0.4, 0.5) is 0 Å². The van der Waals surface area contributed by atoms with E-state index >= 15 is 0 Å². The highest BCUT2D eigenvalue weighted by Crippen LogP contribution is 2.21. The first-order valence-corrected chi connectivity index (χ1v) is 7.10. The molecule has 0 saturated carbocycles. The molecule has 0 atom stereocenters. The van der Waals surface area contributed by atoms with E-state index in [1.165, 1.54) is 28.3 Å². The first kappa shape index (κ1) is 15.0. The van der Waals surface area contributed by atoms with Gasteiger partial charge in [-0.1, -0.05) is 59.7 Å². The molecule has 0 radical (unpaired) electrons. The van der Waals surface area contributed by atoms with Crippen LogP contribution in [0, 0.1) is 6.92 Å². The van der Waals surface area contributed by atoms with Crippen LogP contribution in [0.25, 0.3) is 11.1 Å². The summed E-state index contributed by atoms with van der Waals surface area (Å²) in [4.78, 5) is 10.6. The summed E-state index contributed by atoms with van der Waals surface area (Å²) in [7, 11) is 0. The number of benzene rings is 2. The SMILES string of the molecule is C/C(=C\C(=O)O)CCc1ccc(-c2cccc(C)c2)cc1. The molecule has 0 aliphatic carbocycles. The first-order chi connectivity index (χ1) is 10.0. The summed E-state index contributed by atoms with van der Waals surface area (Å²) in [6, 6.07) is 16.9. The number of hydrogen-bond donors (Lipinski definition) is 1. The van der Waals surface area contributed by atoms with Gasteiger partial charge in [0.15, 0.2) is 0 Å². The Bertz CT molecular complexity index is 652. The monoisotopic (exact) mass is 280 g/mol. The zero-order chi connectivity index (χ0) is 15.2. The first-order valence-electron chi connectivity index (χ1n) is 7.10. The summed E-state index contributed by atoms with van der Waals surface area (Å²) < 4.78 is 0. The van der Waals surface area contributed by atoms with Gasteiger partial charge in [-0.15, -0.1) is 0 Å². The van der Waals surface area contributed by atoms with Gasteiger partial charge in [0.1, 0.15) is 0 Å². The number of aryl methyl sites for hydroxylation is 2. The van der Waals surface area contributed by atoms with Crippen molar-refractivity contribution in [2.45, 2.75) is 26.7 Å². The maximum absolute atomic E-state index is 10.6. The lowest BCUT2D eigenvalue weighted by Crippen LogP contribution is -1.92. The van der Waals surface area contributed by atoms with Crippen molar-refractivity contribution in [1.29, 1.82) is 0 Å². The van der Waals surface area contributed by atoms with E-state index in [4.69, 9.17) is 5.11 Å². The minimum Gasteiger partial charge on any atom is -0.478 e. The molecule has 0 unspecified atom stereocenters. The van der Waals surface area contributed by atoms with Gasteiger partial charge in [0, 0.05) is 6.08 Å². The molecular weight excluding hydrogens is 260 g/mol. The molecular formula is C19H20O2. The topological polar surface area (TPSA) is 37.3 Å². The van der Waals surface area contributed by atoms with Crippen molar-refractivity contribution in [1.82, 2.24) is 0 Å². The molecule has 1 N–H and O–H groups in total. The van der Waals surface area contributed by atoms with E-state index in [0.29, 0.717) is 0 Å². The van der Waals surface area contributed by atoms with Crippen LogP contribution in [0.3, 0.4) is 0 Å². The number of carboxylic acids is 1. The van der Waals surface area contributed by atoms with Crippen LogP contribution >= 0.6 is 0 Å². The minimum atomic E-state index is -0.873. The normalized spacial score (nSPS) is 11.4. The predicted molar refractivity (Wildman–Crippen MR) is 86.3 cm³/mol. The third kappa shape index (κ3) is 4.60. The molecule has 2 nitrogen and oxygen atoms in total. The molecule has 0 heterocycles. The number of carbonyl (C=O) groups is 1. The van der Waals surface area contributed by atoms with E-state index in [9.17, 15) is 4.79 Å². The standard InChI is InChI=1S/C19H20O2/c1-14-4-3-5-18(12-14)17-10-8-16(9-11-17)7-6-15(2)13-19(20)21/h3-5,8-13H,6-7H2,1-2H3,(H,20,21)/b15-13+. The third-order valence-electron chi connectivity index (χ3n) is 3.48. The summed E-state index contributed by atoms with van der Waals surface area (Å²) in [6.07, 6.45) is 2.92. The number of carboxylic acid groups (broad SMARTS) is 1. The Morgan fingerprint density at radius 3 is 2.43 bits per heavy atom. The van der Waals surface area contributed by atoms with E-state index in [-0.39, 0.29) is 0 Å². The Balaban J connectivity index is 2.04. The molecule has 0 saturated heterocycles. The van der Waals surface area contributed by atoms with Crippen LogP contribution in [0.5, 0.6) is 0 Å². The summed E-state index contributed by atoms with van der Waals surface area (Å²) in [5.74, 6) is -0.873. The van der Waals surface area contributed by atoms with E-state index in [0.717, 1.165) is 18.4 Å². The maximum atomic E-state index is 10.6. The molecule has 0 spiro atoms. The van der Waals surface area contributed by atoms with Gasteiger partial charge in [-0.05, 0) is 43.4 Å². The second kappa shape index (κ2) is 6.89. The zero-order valence-electron chi connectivity index (χ0n) is 12.5. The van der Waals surface area contributed by atoms with Gasteiger partial charge >= 0.3 is 5.97 Å². The highest BCUT2D eigenvalue weighted by Gasteiger charge is 2.00. The van der Waals surface area contributed by atoms with Gasteiger partial charge in [-0.2, -0.15) is 0 Å². The second-order valence-corrected chi connectivity index (χ2v) is 5.40. The molecule has 0 fully saturated rings. The molecule has 2 heteroatoms. The Morgan fingerprint density at radius 2 is 1.81 bits per heavy atom. The molecule has 2 aromatic carbocycles. The quantitative estimate of drug-likeness (QED) is 0.811. The molecule has 0 aliphatic heterocycles. The van der Waals surface area contributed by atoms with Crippen molar-refractivity contribution in [3.8, 4) is 11.1 Å². The van der Waals surface area contributed by atoms with E-state index in [2.05, 4.69) is 55.5 Å². The lowest BCUT2D eigenvalue weighted by molar-refractivity contribution is -0.131. The number of allylic oxidation sites excluding steroid dienone is 1. The number of aliphatic carboxylic acids is 1. The van der Waals surface area contributed by atoms with Gasteiger partial charge < -0.3 is 5.11 Å². The van der Waals surface area contributed by atoms with Crippen LogP contribution in [0.1, 0.15) is 24.5 Å². The van der Waals surface area contributed by atoms with Crippen LogP contribution in [0.15, 0.2) is 60.2 Å². The van der Waals surface area contributed by atoms with Crippen LogP contribution in [-0.2, 0) is 11.2 Å². The third-order valence-corrected chi connectivity index (χ3v) is 3.48. The van der Waals surface area contributed by atoms with E-state index in [1.54, 1.807) is 0 Å². The predicted octanol–water partition coefficient (Wildman–Crippen LogP) is 4.63. The van der Waals surface area contributed by atoms with Crippen molar-refractivity contribution < 1.29 is 9.90 Å². The fraction of sp³-hybridized carbons (Fsp3) is 0.211. The largest absolute Gasteiger partial charge is 0.478 e. The van der Waals surface area contributed by atoms with Gasteiger partial charge in [-0.25, -0.2) is 4.79 Å². The molecule has 21 heavy (non-hydrogen) atoms. The number of hydrogen-bond acceptors (Lipinski definition) is 1. The summed E-state index contributed by atoms with van der Waals surface area (Å²) in [5.41, 5.74) is 5.81. The van der Waals surface area contributed by atoms with E-state index < -0.39 is 5.97 Å². The summed E-state index contributed by atoms with van der Waals surface area (Å²) in [6.45, 7) is 3.95. The molecule has 0 aromatic heterocycles. The summed E-state index contributed by atoms with van der Waals surface area (Å²) in [5, 5.41) is 8.69. The average Bonchev–Trinajstić information content (AvgIpc) is 2.45. The van der Waals surface area contributed by atoms with Crippen LogP contribution in [0.2, 0.25) is 0 Å². The van der Waals surface area contributed by atoms with Gasteiger partial charge in [0.2, 0.25) is 0 Å². The lowest BCUT2D eigenvalue weighted by Gasteiger charge is -2.06. The number of rotatable bonds is 5. The van der Waals surface area contributed by atoms with Crippen molar-refractivity contribution >= 4 is 5.97 Å². The highest BCUT2D eigenvalue weighted by atomic mass is 16.4. The van der Waals surface area contributed by atoms with Crippen molar-refractivity contribution in [3.63, 3.8) is 0 Å². The molecule has 108 valence electrons. The molecule has 0 aliphatic rings. The Morgan fingerprint density at radius 1 is 1.10 bits per heavy atom. The van der Waals surface area contributed by atoms with E-state index in [1.807, 2.05) is 6.92 Å². The van der Waals surface area contributed by atoms with Crippen molar-refractivity contribution in [2.75, 3.05) is 0 Å². The lowest BCUT2D eigenvalue weighted by atomic mass is 10.00. The Kier molecular flexibility index (Phi) is 4.94. The van der Waals surface area contributed by atoms with Crippen LogP contribution < -0.4 is 0 Å². The average molecular weight is 280 g/mol. The highest BCUT2D eigenvalue weighted by molar-refractivity contribution is 5.80. The van der Waals surface area contributed by atoms with Crippen molar-refractivity contribution in [3.05, 3.63) is 71.3 Å². The Hall–Kier alpha value is -2.35. The molecule has 2 aromatic rings. The Labute approximate surface area is 125 Å². The zero-order valence-corrected chi connectivity index (χ0v) is 12.5. The maximum Gasteiger partial charge on any atom is 0.328 e. The van der Waals surface area contributed by atoms with Gasteiger partial charge in [0.05, 0.1) is 0 Å². The van der Waals surface area contributed by atoms with Gasteiger partial charge in [0.25, 0.3) is 0 Å². The van der Waals surface area contributed by atoms with Crippen LogP contribution in [-0.4, -0.2) is 11.1 Å². The van der Waals surface area contributed by atoms with Crippen molar-refractivity contribution in [2.24, 2.45) is 0 Å². The molecule has 2 rings (SSSR count).